The zero-order valence-corrected chi connectivity index (χ0v) is 12.6. The average molecular weight is 319 g/mol. The van der Waals surface area contributed by atoms with Crippen LogP contribution in [-0.2, 0) is 19.9 Å². The van der Waals surface area contributed by atoms with Crippen molar-refractivity contribution in [2.75, 3.05) is 22.6 Å². The first kappa shape index (κ1) is 13.2. The number of benzene rings is 2. The highest BCUT2D eigenvalue weighted by Gasteiger charge is 2.56. The van der Waals surface area contributed by atoms with Crippen LogP contribution in [0.1, 0.15) is 5.56 Å². The van der Waals surface area contributed by atoms with E-state index in [9.17, 15) is 9.59 Å². The quantitative estimate of drug-likeness (QED) is 0.649. The minimum Gasteiger partial charge on any atom is -0.456 e. The van der Waals surface area contributed by atoms with E-state index in [0.717, 1.165) is 16.9 Å². The summed E-state index contributed by atoms with van der Waals surface area (Å²) >= 11 is 0. The van der Waals surface area contributed by atoms with Crippen LogP contribution in [0.15, 0.2) is 59.8 Å². The lowest BCUT2D eigenvalue weighted by Gasteiger charge is -2.29. The molecule has 6 nitrogen and oxygen atoms in total. The predicted molar refractivity (Wildman–Crippen MR) is 88.4 cm³/mol. The molecule has 24 heavy (non-hydrogen) atoms. The van der Waals surface area contributed by atoms with Gasteiger partial charge in [0.15, 0.2) is 5.54 Å². The Balaban J connectivity index is 1.85. The van der Waals surface area contributed by atoms with Crippen LogP contribution in [0, 0.1) is 0 Å². The summed E-state index contributed by atoms with van der Waals surface area (Å²) in [6, 6.07) is 14.9. The Bertz CT molecular complexity index is 950. The van der Waals surface area contributed by atoms with Gasteiger partial charge in [0.2, 0.25) is 0 Å². The van der Waals surface area contributed by atoms with Gasteiger partial charge in [0.1, 0.15) is 6.61 Å². The molecule has 1 amide bonds. The highest BCUT2D eigenvalue weighted by molar-refractivity contribution is 6.17. The average Bonchev–Trinajstić information content (AvgIpc) is 3.02. The Labute approximate surface area is 137 Å². The predicted octanol–water partition coefficient (Wildman–Crippen LogP) is 2.18. The van der Waals surface area contributed by atoms with Crippen molar-refractivity contribution in [2.45, 2.75) is 5.54 Å². The van der Waals surface area contributed by atoms with Crippen molar-refractivity contribution in [2.24, 2.45) is 0 Å². The van der Waals surface area contributed by atoms with Crippen molar-refractivity contribution in [1.82, 2.24) is 0 Å². The molecule has 0 saturated carbocycles. The smallest absolute Gasteiger partial charge is 0.339 e. The molecule has 3 N–H and O–H groups in total. The van der Waals surface area contributed by atoms with E-state index >= 15 is 0 Å². The summed E-state index contributed by atoms with van der Waals surface area (Å²) in [7, 11) is 0. The third kappa shape index (κ3) is 1.49. The van der Waals surface area contributed by atoms with Gasteiger partial charge >= 0.3 is 5.97 Å². The van der Waals surface area contributed by atoms with E-state index in [-0.39, 0.29) is 12.5 Å². The molecule has 118 valence electrons. The van der Waals surface area contributed by atoms with Gasteiger partial charge in [-0.2, -0.15) is 0 Å². The molecule has 0 bridgehead atoms. The van der Waals surface area contributed by atoms with Crippen LogP contribution >= 0.6 is 0 Å². The third-order valence-electron chi connectivity index (χ3n) is 4.68. The molecule has 0 aliphatic carbocycles. The van der Waals surface area contributed by atoms with Crippen molar-refractivity contribution in [3.63, 3.8) is 0 Å². The molecule has 2 aromatic rings. The van der Waals surface area contributed by atoms with Crippen LogP contribution in [0.25, 0.3) is 0 Å². The molecule has 0 radical (unpaired) electrons. The molecule has 3 aliphatic heterocycles. The minimum absolute atomic E-state index is 0.126. The molecule has 5 rings (SSSR count). The van der Waals surface area contributed by atoms with Crippen LogP contribution in [-0.4, -0.2) is 18.5 Å². The van der Waals surface area contributed by atoms with Crippen molar-refractivity contribution < 1.29 is 14.3 Å². The third-order valence-corrected chi connectivity index (χ3v) is 4.68. The second kappa shape index (κ2) is 4.38. The number of ether oxygens (including phenoxy) is 1. The number of carbonyl (C=O) groups is 2. The van der Waals surface area contributed by atoms with Gasteiger partial charge in [0.25, 0.3) is 5.91 Å². The number of carbonyl (C=O) groups excluding carboxylic acids is 2. The van der Waals surface area contributed by atoms with E-state index in [2.05, 4.69) is 16.0 Å². The zero-order valence-electron chi connectivity index (χ0n) is 12.6. The second-order valence-corrected chi connectivity index (χ2v) is 5.97. The van der Waals surface area contributed by atoms with E-state index in [4.69, 9.17) is 4.74 Å². The Morgan fingerprint density at radius 1 is 0.875 bits per heavy atom. The first-order chi connectivity index (χ1) is 11.7. The number of fused-ring (bicyclic) bond motifs is 4. The van der Waals surface area contributed by atoms with Crippen LogP contribution in [0.4, 0.5) is 17.1 Å². The van der Waals surface area contributed by atoms with E-state index in [0.29, 0.717) is 17.0 Å². The number of anilines is 3. The molecule has 3 heterocycles. The molecule has 1 unspecified atom stereocenters. The first-order valence-corrected chi connectivity index (χ1v) is 7.66. The van der Waals surface area contributed by atoms with Gasteiger partial charge in [-0.25, -0.2) is 4.79 Å². The Kier molecular flexibility index (Phi) is 2.41. The van der Waals surface area contributed by atoms with Gasteiger partial charge in [0.05, 0.1) is 22.6 Å². The zero-order chi connectivity index (χ0) is 16.3. The molecule has 1 atom stereocenters. The fraction of sp³-hybridized carbons (Fsp3) is 0.111. The van der Waals surface area contributed by atoms with Crippen LogP contribution < -0.4 is 16.0 Å². The maximum atomic E-state index is 13.0. The normalized spacial score (nSPS) is 23.5. The monoisotopic (exact) mass is 319 g/mol. The Hall–Kier alpha value is -3.28. The van der Waals surface area contributed by atoms with Gasteiger partial charge in [-0.15, -0.1) is 0 Å². The largest absolute Gasteiger partial charge is 0.456 e. The number of para-hydroxylation sites is 3. The maximum absolute atomic E-state index is 13.0. The summed E-state index contributed by atoms with van der Waals surface area (Å²) in [5, 5.41) is 9.43. The van der Waals surface area contributed by atoms with Gasteiger partial charge in [-0.3, -0.25) is 4.79 Å². The molecule has 1 spiro atoms. The van der Waals surface area contributed by atoms with E-state index < -0.39 is 11.5 Å². The molecule has 0 saturated heterocycles. The molecule has 6 heteroatoms. The number of cyclic esters (lactones) is 1. The summed E-state index contributed by atoms with van der Waals surface area (Å²) in [6.45, 7) is 0.126. The Morgan fingerprint density at radius 2 is 1.58 bits per heavy atom. The van der Waals surface area contributed by atoms with Crippen molar-refractivity contribution >= 4 is 28.9 Å². The summed E-state index contributed by atoms with van der Waals surface area (Å²) in [6.07, 6.45) is 0. The first-order valence-electron chi connectivity index (χ1n) is 7.66. The molecule has 0 fully saturated rings. The number of nitrogens with one attached hydrogen (secondary N) is 3. The number of hydrogen-bond donors (Lipinski definition) is 3. The number of amides is 1. The number of hydrogen-bond acceptors (Lipinski definition) is 5. The van der Waals surface area contributed by atoms with E-state index in [1.54, 1.807) is 0 Å². The fourth-order valence-corrected chi connectivity index (χ4v) is 3.64. The van der Waals surface area contributed by atoms with Gasteiger partial charge in [-0.05, 0) is 18.2 Å². The number of esters is 1. The summed E-state index contributed by atoms with van der Waals surface area (Å²) in [5.74, 6) is -0.766. The highest BCUT2D eigenvalue weighted by atomic mass is 16.5. The van der Waals surface area contributed by atoms with E-state index in [1.807, 2.05) is 48.5 Å². The standard InChI is InChI=1S/C18H13N3O3/c22-16-15-14(9-24-16)19-12-7-3-4-8-13(12)21-18(15)10-5-1-2-6-11(10)20-17(18)23/h1-8,19,21H,9H2,(H,20,23). The van der Waals surface area contributed by atoms with Crippen LogP contribution in [0.2, 0.25) is 0 Å². The maximum Gasteiger partial charge on any atom is 0.339 e. The van der Waals surface area contributed by atoms with Gasteiger partial charge in [-0.1, -0.05) is 30.3 Å². The number of rotatable bonds is 0. The lowest BCUT2D eigenvalue weighted by molar-refractivity contribution is -0.137. The molecule has 3 aliphatic rings. The molecule has 0 aromatic heterocycles. The second-order valence-electron chi connectivity index (χ2n) is 5.97. The summed E-state index contributed by atoms with van der Waals surface area (Å²) in [5.41, 5.74) is 2.62. The van der Waals surface area contributed by atoms with Crippen molar-refractivity contribution in [3.8, 4) is 0 Å². The van der Waals surface area contributed by atoms with Crippen molar-refractivity contribution in [3.05, 3.63) is 65.4 Å². The SMILES string of the molecule is O=C1OCC2=C1C1(Nc3ccccc3N2)C(=O)Nc2ccccc21. The lowest BCUT2D eigenvalue weighted by atomic mass is 9.82. The van der Waals surface area contributed by atoms with E-state index in [1.165, 1.54) is 0 Å². The summed E-state index contributed by atoms with van der Waals surface area (Å²) < 4.78 is 5.23. The highest BCUT2D eigenvalue weighted by Crippen LogP contribution is 2.48. The van der Waals surface area contributed by atoms with Crippen LogP contribution in [0.3, 0.4) is 0 Å². The lowest BCUT2D eigenvalue weighted by Crippen LogP contribution is -2.45. The topological polar surface area (TPSA) is 79.5 Å². The summed E-state index contributed by atoms with van der Waals surface area (Å²) in [4.78, 5) is 25.5. The van der Waals surface area contributed by atoms with Gasteiger partial charge < -0.3 is 20.7 Å². The molecular weight excluding hydrogens is 306 g/mol. The molecular formula is C18H13N3O3. The van der Waals surface area contributed by atoms with Crippen LogP contribution in [0.5, 0.6) is 0 Å². The van der Waals surface area contributed by atoms with Gasteiger partial charge in [0, 0.05) is 11.3 Å². The van der Waals surface area contributed by atoms with Crippen molar-refractivity contribution in [1.29, 1.82) is 0 Å². The Morgan fingerprint density at radius 3 is 2.42 bits per heavy atom. The minimum atomic E-state index is -1.29. The molecule has 2 aromatic carbocycles. The fourth-order valence-electron chi connectivity index (χ4n) is 3.64.